The minimum Gasteiger partial charge on any atom is -0.434 e. The summed E-state index contributed by atoms with van der Waals surface area (Å²) in [5.41, 5.74) is 0.635. The molecule has 1 aromatic rings. The van der Waals surface area contributed by atoms with Crippen molar-refractivity contribution in [2.24, 2.45) is 4.99 Å². The van der Waals surface area contributed by atoms with Gasteiger partial charge in [-0.15, -0.1) is 24.0 Å². The Hall–Kier alpha value is -1.16. The van der Waals surface area contributed by atoms with Crippen LogP contribution < -0.4 is 15.4 Å². The molecule has 0 heterocycles. The first-order valence-corrected chi connectivity index (χ1v) is 9.72. The van der Waals surface area contributed by atoms with Gasteiger partial charge >= 0.3 is 6.61 Å². The molecule has 162 valence electrons. The fraction of sp³-hybridized carbons (Fsp3) is 0.650. The molecule has 2 N–H and O–H groups in total. The Morgan fingerprint density at radius 1 is 1.07 bits per heavy atom. The van der Waals surface area contributed by atoms with Gasteiger partial charge in [0.25, 0.3) is 0 Å². The number of benzene rings is 1. The van der Waals surface area contributed by atoms with Gasteiger partial charge in [0.05, 0.1) is 6.54 Å². The number of para-hydroxylation sites is 1. The van der Waals surface area contributed by atoms with E-state index in [0.29, 0.717) is 11.5 Å². The molecule has 28 heavy (non-hydrogen) atoms. The third kappa shape index (κ3) is 13.1. The molecule has 5 nitrogen and oxygen atoms in total. The van der Waals surface area contributed by atoms with Gasteiger partial charge in [-0.2, -0.15) is 8.78 Å². The second kappa shape index (κ2) is 16.8. The first kappa shape index (κ1) is 26.8. The Balaban J connectivity index is 0.00000729. The molecule has 0 bridgehead atoms. The molecule has 8 heteroatoms. The molecule has 0 saturated heterocycles. The summed E-state index contributed by atoms with van der Waals surface area (Å²) in [6, 6.07) is 6.75. The van der Waals surface area contributed by atoms with E-state index in [-0.39, 0.29) is 36.3 Å². The Kier molecular flexibility index (Phi) is 16.1. The maximum Gasteiger partial charge on any atom is 0.387 e. The number of nitrogens with one attached hydrogen (secondary N) is 2. The summed E-state index contributed by atoms with van der Waals surface area (Å²) in [5.74, 6) is 0.863. The minimum atomic E-state index is -2.83. The number of aliphatic imine (C=N–C) groups is 1. The number of alkyl halides is 2. The number of rotatable bonds is 13. The summed E-state index contributed by atoms with van der Waals surface area (Å²) in [6.45, 7) is 2.17. The predicted octanol–water partition coefficient (Wildman–Crippen LogP) is 4.47. The summed E-state index contributed by atoms with van der Waals surface area (Å²) < 4.78 is 29.5. The summed E-state index contributed by atoms with van der Waals surface area (Å²) in [6.07, 6.45) is 6.00. The van der Waals surface area contributed by atoms with E-state index in [2.05, 4.69) is 39.4 Å². The summed E-state index contributed by atoms with van der Waals surface area (Å²) >= 11 is 0. The van der Waals surface area contributed by atoms with E-state index in [0.717, 1.165) is 26.1 Å². The zero-order valence-corrected chi connectivity index (χ0v) is 19.5. The Bertz CT molecular complexity index is 545. The van der Waals surface area contributed by atoms with E-state index < -0.39 is 6.61 Å². The molecule has 0 atom stereocenters. The molecule has 0 spiro atoms. The molecule has 0 amide bonds. The largest absolute Gasteiger partial charge is 0.434 e. The number of ether oxygens (including phenoxy) is 1. The van der Waals surface area contributed by atoms with Crippen molar-refractivity contribution >= 4 is 29.9 Å². The number of nitrogens with zero attached hydrogens (tertiary/aromatic N) is 2. The van der Waals surface area contributed by atoms with Gasteiger partial charge in [-0.05, 0) is 46.5 Å². The van der Waals surface area contributed by atoms with E-state index in [1.165, 1.54) is 31.7 Å². The Morgan fingerprint density at radius 3 is 2.43 bits per heavy atom. The molecule has 0 saturated carbocycles. The summed E-state index contributed by atoms with van der Waals surface area (Å²) in [4.78, 5) is 6.70. The highest BCUT2D eigenvalue weighted by molar-refractivity contribution is 14.0. The average molecular weight is 512 g/mol. The average Bonchev–Trinajstić information content (AvgIpc) is 2.62. The van der Waals surface area contributed by atoms with Gasteiger partial charge in [0.15, 0.2) is 5.96 Å². The van der Waals surface area contributed by atoms with Crippen molar-refractivity contribution in [3.63, 3.8) is 0 Å². The quantitative estimate of drug-likeness (QED) is 0.177. The molecule has 0 aromatic heterocycles. The Morgan fingerprint density at radius 2 is 1.75 bits per heavy atom. The second-order valence-electron chi connectivity index (χ2n) is 6.68. The fourth-order valence-corrected chi connectivity index (χ4v) is 2.64. The number of guanidine groups is 1. The topological polar surface area (TPSA) is 48.9 Å². The molecular formula is C20H35F2IN4O. The lowest BCUT2D eigenvalue weighted by atomic mass is 10.1. The highest BCUT2D eigenvalue weighted by Gasteiger charge is 2.08. The van der Waals surface area contributed by atoms with Crippen LogP contribution in [0, 0.1) is 0 Å². The van der Waals surface area contributed by atoms with Crippen molar-refractivity contribution in [3.05, 3.63) is 29.8 Å². The van der Waals surface area contributed by atoms with Crippen LogP contribution in [0.1, 0.15) is 44.6 Å². The maximum atomic E-state index is 12.5. The third-order valence-electron chi connectivity index (χ3n) is 4.01. The van der Waals surface area contributed by atoms with Crippen molar-refractivity contribution in [3.8, 4) is 5.75 Å². The summed E-state index contributed by atoms with van der Waals surface area (Å²) in [5, 5.41) is 6.48. The SMILES string of the molecule is CCNC(=NCc1ccccc1OC(F)F)NCCCCCCCN(C)C.I. The molecular weight excluding hydrogens is 477 g/mol. The van der Waals surface area contributed by atoms with Crippen LogP contribution in [0.2, 0.25) is 0 Å². The molecule has 0 aliphatic rings. The first-order chi connectivity index (χ1) is 13.0. The van der Waals surface area contributed by atoms with E-state index in [1.54, 1.807) is 18.2 Å². The normalized spacial score (nSPS) is 11.5. The number of hydrogen-bond donors (Lipinski definition) is 2. The number of halogens is 3. The van der Waals surface area contributed by atoms with Crippen LogP contribution >= 0.6 is 24.0 Å². The van der Waals surface area contributed by atoms with Gasteiger partial charge in [-0.25, -0.2) is 4.99 Å². The lowest BCUT2D eigenvalue weighted by molar-refractivity contribution is -0.0504. The minimum absolute atomic E-state index is 0. The highest BCUT2D eigenvalue weighted by Crippen LogP contribution is 2.20. The van der Waals surface area contributed by atoms with Crippen LogP contribution in [0.3, 0.4) is 0 Å². The highest BCUT2D eigenvalue weighted by atomic mass is 127. The van der Waals surface area contributed by atoms with E-state index in [9.17, 15) is 8.78 Å². The first-order valence-electron chi connectivity index (χ1n) is 9.72. The summed E-state index contributed by atoms with van der Waals surface area (Å²) in [7, 11) is 4.20. The van der Waals surface area contributed by atoms with Gasteiger partial charge in [0, 0.05) is 18.7 Å². The van der Waals surface area contributed by atoms with Crippen LogP contribution in [0.5, 0.6) is 5.75 Å². The van der Waals surface area contributed by atoms with Crippen LogP contribution in [-0.2, 0) is 6.54 Å². The molecule has 0 aliphatic carbocycles. The Labute approximate surface area is 185 Å². The van der Waals surface area contributed by atoms with Crippen molar-refractivity contribution < 1.29 is 13.5 Å². The number of hydrogen-bond acceptors (Lipinski definition) is 3. The number of unbranched alkanes of at least 4 members (excludes halogenated alkanes) is 4. The van der Waals surface area contributed by atoms with Gasteiger partial charge in [-0.1, -0.05) is 37.5 Å². The second-order valence-corrected chi connectivity index (χ2v) is 6.68. The van der Waals surface area contributed by atoms with Crippen molar-refractivity contribution in [1.29, 1.82) is 0 Å². The van der Waals surface area contributed by atoms with E-state index in [4.69, 9.17) is 0 Å². The predicted molar refractivity (Wildman–Crippen MR) is 123 cm³/mol. The van der Waals surface area contributed by atoms with Gasteiger partial charge in [0.1, 0.15) is 5.75 Å². The molecule has 0 unspecified atom stereocenters. The van der Waals surface area contributed by atoms with E-state index in [1.807, 2.05) is 6.92 Å². The molecule has 0 fully saturated rings. The molecule has 0 radical (unpaired) electrons. The van der Waals surface area contributed by atoms with Crippen molar-refractivity contribution in [2.75, 3.05) is 33.7 Å². The maximum absolute atomic E-state index is 12.5. The standard InChI is InChI=1S/C20H34F2N4O.HI/c1-4-23-20(24-14-10-6-5-7-11-15-26(2)3)25-16-17-12-8-9-13-18(17)27-19(21)22;/h8-9,12-13,19H,4-7,10-11,14-16H2,1-3H3,(H2,23,24,25);1H. The van der Waals surface area contributed by atoms with Gasteiger partial charge in [0.2, 0.25) is 0 Å². The van der Waals surface area contributed by atoms with Gasteiger partial charge in [-0.3, -0.25) is 0 Å². The zero-order chi connectivity index (χ0) is 19.9. The molecule has 1 aromatic carbocycles. The van der Waals surface area contributed by atoms with Crippen LogP contribution in [0.25, 0.3) is 0 Å². The van der Waals surface area contributed by atoms with Gasteiger partial charge < -0.3 is 20.3 Å². The molecule has 0 aliphatic heterocycles. The molecule has 1 rings (SSSR count). The van der Waals surface area contributed by atoms with E-state index >= 15 is 0 Å². The van der Waals surface area contributed by atoms with Crippen molar-refractivity contribution in [2.45, 2.75) is 52.2 Å². The third-order valence-corrected chi connectivity index (χ3v) is 4.01. The monoisotopic (exact) mass is 512 g/mol. The zero-order valence-electron chi connectivity index (χ0n) is 17.2. The van der Waals surface area contributed by atoms with Crippen LogP contribution in [-0.4, -0.2) is 51.2 Å². The van der Waals surface area contributed by atoms with Crippen LogP contribution in [0.4, 0.5) is 8.78 Å². The van der Waals surface area contributed by atoms with Crippen molar-refractivity contribution in [1.82, 2.24) is 15.5 Å². The lowest BCUT2D eigenvalue weighted by Gasteiger charge is -2.13. The smallest absolute Gasteiger partial charge is 0.387 e. The van der Waals surface area contributed by atoms with Crippen LogP contribution in [0.15, 0.2) is 29.3 Å². The lowest BCUT2D eigenvalue weighted by Crippen LogP contribution is -2.37. The fourth-order valence-electron chi connectivity index (χ4n) is 2.64.